The fourth-order valence-corrected chi connectivity index (χ4v) is 4.42. The van der Waals surface area contributed by atoms with Crippen LogP contribution in [0.4, 0.5) is 17.1 Å². The zero-order valence-electron chi connectivity index (χ0n) is 17.6. The second kappa shape index (κ2) is 8.64. The summed E-state index contributed by atoms with van der Waals surface area (Å²) < 4.78 is 31.7. The highest BCUT2D eigenvalue weighted by atomic mass is 32.2. The molecule has 0 fully saturated rings. The first-order chi connectivity index (χ1) is 15.7. The number of hydrogen-bond donors (Lipinski definition) is 4. The molecule has 33 heavy (non-hydrogen) atoms. The minimum atomic E-state index is -3.95. The van der Waals surface area contributed by atoms with Crippen LogP contribution in [0.15, 0.2) is 65.6 Å². The van der Waals surface area contributed by atoms with Gasteiger partial charge in [-0.1, -0.05) is 0 Å². The smallest absolute Gasteiger partial charge is 0.264 e. The van der Waals surface area contributed by atoms with Crippen molar-refractivity contribution in [1.82, 2.24) is 9.71 Å². The Morgan fingerprint density at radius 2 is 1.76 bits per heavy atom. The molecular formula is C22H20N4O6S. The number of quaternary nitrogens is 1. The van der Waals surface area contributed by atoms with E-state index in [-0.39, 0.29) is 10.6 Å². The molecule has 10 nitrogen and oxygen atoms in total. The average molecular weight is 468 g/mol. The van der Waals surface area contributed by atoms with Crippen LogP contribution >= 0.6 is 0 Å². The van der Waals surface area contributed by atoms with Crippen molar-refractivity contribution in [2.75, 3.05) is 12.4 Å². The highest BCUT2D eigenvalue weighted by Gasteiger charge is 2.16. The molecular weight excluding hydrogens is 448 g/mol. The molecule has 1 atom stereocenters. The van der Waals surface area contributed by atoms with Gasteiger partial charge in [0.25, 0.3) is 10.0 Å². The molecule has 11 heteroatoms. The molecule has 1 amide bonds. The number of fused-ring (bicyclic) bond motifs is 2. The van der Waals surface area contributed by atoms with E-state index in [0.29, 0.717) is 33.5 Å². The van der Waals surface area contributed by atoms with Crippen molar-refractivity contribution in [3.63, 3.8) is 0 Å². The van der Waals surface area contributed by atoms with E-state index >= 15 is 0 Å². The van der Waals surface area contributed by atoms with Crippen LogP contribution < -0.4 is 20.0 Å². The number of benzene rings is 3. The van der Waals surface area contributed by atoms with Crippen LogP contribution in [0.25, 0.3) is 21.8 Å². The molecule has 0 saturated heterocycles. The first-order valence-electron chi connectivity index (χ1n) is 9.73. The van der Waals surface area contributed by atoms with E-state index in [4.69, 9.17) is 4.74 Å². The zero-order chi connectivity index (χ0) is 23.8. The molecule has 0 radical (unpaired) electrons. The van der Waals surface area contributed by atoms with Crippen LogP contribution in [-0.4, -0.2) is 31.6 Å². The maximum Gasteiger partial charge on any atom is 0.264 e. The lowest BCUT2D eigenvalue weighted by atomic mass is 10.1. The fraction of sp³-hybridized carbons (Fsp3) is 0.0909. The quantitative estimate of drug-likeness (QED) is 0.249. The van der Waals surface area contributed by atoms with Gasteiger partial charge in [0.05, 0.1) is 28.7 Å². The predicted octanol–water partition coefficient (Wildman–Crippen LogP) is 2.37. The average Bonchev–Trinajstić information content (AvgIpc) is 2.77. The molecule has 3 aromatic carbocycles. The largest absolute Gasteiger partial charge is 0.595 e. The highest BCUT2D eigenvalue weighted by molar-refractivity contribution is 7.90. The first kappa shape index (κ1) is 22.4. The molecule has 170 valence electrons. The van der Waals surface area contributed by atoms with Crippen molar-refractivity contribution < 1.29 is 28.4 Å². The maximum atomic E-state index is 12.2. The summed E-state index contributed by atoms with van der Waals surface area (Å²) in [7, 11) is -2.40. The summed E-state index contributed by atoms with van der Waals surface area (Å²) in [4.78, 5) is 15.7. The van der Waals surface area contributed by atoms with E-state index in [1.165, 1.54) is 24.3 Å². The minimum Gasteiger partial charge on any atom is -0.595 e. The molecule has 0 bridgehead atoms. The summed E-state index contributed by atoms with van der Waals surface area (Å²) in [5, 5.41) is 24.4. The van der Waals surface area contributed by atoms with Crippen molar-refractivity contribution in [2.24, 2.45) is 0 Å². The van der Waals surface area contributed by atoms with Gasteiger partial charge in [-0.3, -0.25) is 4.79 Å². The van der Waals surface area contributed by atoms with Gasteiger partial charge in [-0.05, 0) is 48.5 Å². The maximum absolute atomic E-state index is 12.2. The number of methoxy groups -OCH3 is 1. The fourth-order valence-electron chi connectivity index (χ4n) is 3.43. The van der Waals surface area contributed by atoms with E-state index < -0.39 is 21.2 Å². The lowest BCUT2D eigenvalue weighted by Crippen LogP contribution is -2.99. The Balaban J connectivity index is 1.83. The number of ether oxygens (including phenoxy) is 1. The second-order valence-electron chi connectivity index (χ2n) is 7.22. The number of rotatable bonds is 6. The lowest BCUT2D eigenvalue weighted by Gasteiger charge is -2.16. The number of nitrogens with one attached hydrogen (secondary N) is 3. The molecule has 4 aromatic rings. The van der Waals surface area contributed by atoms with Gasteiger partial charge in [0.2, 0.25) is 5.91 Å². The van der Waals surface area contributed by atoms with Crippen LogP contribution in [0.1, 0.15) is 6.92 Å². The van der Waals surface area contributed by atoms with Crippen molar-refractivity contribution in [2.45, 2.75) is 11.8 Å². The molecule has 0 spiro atoms. The van der Waals surface area contributed by atoms with E-state index in [0.717, 1.165) is 12.3 Å². The highest BCUT2D eigenvalue weighted by Crippen LogP contribution is 2.35. The Morgan fingerprint density at radius 1 is 1.03 bits per heavy atom. The Morgan fingerprint density at radius 3 is 2.39 bits per heavy atom. The summed E-state index contributed by atoms with van der Waals surface area (Å²) in [5.41, 5.74) is 2.46. The number of hydrogen-bond acceptors (Lipinski definition) is 8. The molecule has 4 rings (SSSR count). The predicted molar refractivity (Wildman–Crippen MR) is 122 cm³/mol. The third-order valence-corrected chi connectivity index (χ3v) is 6.39. The summed E-state index contributed by atoms with van der Waals surface area (Å²) in [6, 6.07) is 15.9. The van der Waals surface area contributed by atoms with Crippen molar-refractivity contribution in [3.8, 4) is 5.75 Å². The summed E-state index contributed by atoms with van der Waals surface area (Å²) in [5.74, 6) is -0.0628. The number of carbonyl (C=O) groups is 1. The van der Waals surface area contributed by atoms with E-state index in [9.17, 15) is 23.6 Å². The topological polar surface area (TPSA) is 145 Å². The van der Waals surface area contributed by atoms with Crippen LogP contribution in [0.2, 0.25) is 0 Å². The van der Waals surface area contributed by atoms with Gasteiger partial charge in [0.1, 0.15) is 5.75 Å². The van der Waals surface area contributed by atoms with Crippen LogP contribution in [-0.2, 0) is 14.8 Å². The Hall–Kier alpha value is -3.77. The van der Waals surface area contributed by atoms with Gasteiger partial charge in [0, 0.05) is 35.5 Å². The second-order valence-corrected chi connectivity index (χ2v) is 8.90. The molecule has 0 aliphatic heterocycles. The summed E-state index contributed by atoms with van der Waals surface area (Å²) in [6.45, 7) is 1.12. The van der Waals surface area contributed by atoms with Gasteiger partial charge >= 0.3 is 0 Å². The van der Waals surface area contributed by atoms with Crippen LogP contribution in [0.3, 0.4) is 0 Å². The number of carbonyl (C=O) groups excluding carboxylic acids is 1. The van der Waals surface area contributed by atoms with E-state index in [1.807, 2.05) is 10.8 Å². The SMILES string of the molecule is COc1ccc2nc3cc([NH+]([O-])O)ccc3c(Nc3ccc(S(=O)(=O)NC(C)=O)cc3)c2c1. The monoisotopic (exact) mass is 468 g/mol. The number of aromatic nitrogens is 1. The van der Waals surface area contributed by atoms with Crippen LogP contribution in [0, 0.1) is 5.21 Å². The lowest BCUT2D eigenvalue weighted by molar-refractivity contribution is -0.991. The summed E-state index contributed by atoms with van der Waals surface area (Å²) in [6.07, 6.45) is 0. The molecule has 0 aliphatic rings. The number of nitrogens with zero attached hydrogens (tertiary/aromatic N) is 1. The molecule has 1 heterocycles. The number of pyridine rings is 1. The van der Waals surface area contributed by atoms with Gasteiger partial charge < -0.3 is 15.3 Å². The van der Waals surface area contributed by atoms with Gasteiger partial charge in [-0.2, -0.15) is 5.23 Å². The van der Waals surface area contributed by atoms with Gasteiger partial charge in [-0.25, -0.2) is 23.3 Å². The third kappa shape index (κ3) is 4.56. The molecule has 1 aromatic heterocycles. The van der Waals surface area contributed by atoms with Crippen molar-refractivity contribution in [3.05, 3.63) is 65.9 Å². The Kier molecular flexibility index (Phi) is 5.87. The third-order valence-electron chi connectivity index (χ3n) is 4.94. The molecule has 0 saturated carbocycles. The summed E-state index contributed by atoms with van der Waals surface area (Å²) >= 11 is 0. The molecule has 4 N–H and O–H groups in total. The Bertz CT molecular complexity index is 1470. The molecule has 1 unspecified atom stereocenters. The first-order valence-corrected chi connectivity index (χ1v) is 11.2. The molecule has 0 aliphatic carbocycles. The van der Waals surface area contributed by atoms with E-state index in [1.54, 1.807) is 37.4 Å². The van der Waals surface area contributed by atoms with Crippen molar-refractivity contribution >= 4 is 54.8 Å². The minimum absolute atomic E-state index is 0.0551. The number of anilines is 2. The number of amides is 1. The van der Waals surface area contributed by atoms with Crippen LogP contribution in [0.5, 0.6) is 5.75 Å². The Labute approximate surface area is 189 Å². The number of sulfonamides is 1. The van der Waals surface area contributed by atoms with E-state index in [2.05, 4.69) is 10.3 Å². The van der Waals surface area contributed by atoms with Gasteiger partial charge in [-0.15, -0.1) is 0 Å². The zero-order valence-corrected chi connectivity index (χ0v) is 18.4. The van der Waals surface area contributed by atoms with Gasteiger partial charge in [0.15, 0.2) is 5.69 Å². The standard InChI is InChI=1S/C22H20N4O6S/c1-13(27)25-33(30,31)17-7-3-14(4-8-17)23-22-18-9-5-15(26(28)29)11-21(18)24-20-10-6-16(32-2)12-19(20)22/h3-12,26,28H,1-2H3,(H,23,24)(H,25,27). The van der Waals surface area contributed by atoms with Crippen molar-refractivity contribution in [1.29, 1.82) is 0 Å². The normalized spacial score (nSPS) is 12.5.